The van der Waals surface area contributed by atoms with E-state index in [2.05, 4.69) is 10.3 Å². The average molecular weight is 242 g/mol. The molecule has 2 rings (SSSR count). The first kappa shape index (κ1) is 12.7. The Morgan fingerprint density at radius 1 is 1.39 bits per heavy atom. The van der Waals surface area contributed by atoms with Crippen LogP contribution in [0.15, 0.2) is 36.5 Å². The van der Waals surface area contributed by atoms with Gasteiger partial charge < -0.3 is 5.32 Å². The maximum Gasteiger partial charge on any atom is 0.166 e. The Balaban J connectivity index is 2.22. The zero-order chi connectivity index (χ0) is 13.0. The summed E-state index contributed by atoms with van der Waals surface area (Å²) in [4.78, 5) is 16.5. The van der Waals surface area contributed by atoms with E-state index >= 15 is 0 Å². The smallest absolute Gasteiger partial charge is 0.166 e. The first-order valence-corrected chi connectivity index (χ1v) is 6.32. The second-order valence-electron chi connectivity index (χ2n) is 4.48. The first-order chi connectivity index (χ1) is 8.72. The van der Waals surface area contributed by atoms with E-state index in [1.807, 2.05) is 44.2 Å². The van der Waals surface area contributed by atoms with E-state index in [1.54, 1.807) is 6.20 Å². The summed E-state index contributed by atoms with van der Waals surface area (Å²) in [6.45, 7) is 5.61. The normalized spacial score (nSPS) is 12.6. The summed E-state index contributed by atoms with van der Waals surface area (Å²) in [6.07, 6.45) is 1.76. The summed E-state index contributed by atoms with van der Waals surface area (Å²) >= 11 is 0. The van der Waals surface area contributed by atoms with E-state index in [0.29, 0.717) is 0 Å². The maximum absolute atomic E-state index is 12.2. The summed E-state index contributed by atoms with van der Waals surface area (Å²) in [5, 5.41) is 4.22. The van der Waals surface area contributed by atoms with Crippen molar-refractivity contribution in [2.24, 2.45) is 5.92 Å². The predicted molar refractivity (Wildman–Crippen MR) is 73.8 cm³/mol. The Hall–Kier alpha value is -1.74. The van der Waals surface area contributed by atoms with E-state index in [-0.39, 0.29) is 11.7 Å². The lowest BCUT2D eigenvalue weighted by molar-refractivity contribution is 0.0929. The Bertz CT molecular complexity index is 551. The number of ketones is 1. The molecule has 1 aromatic heterocycles. The maximum atomic E-state index is 12.2. The molecule has 0 aliphatic heterocycles. The van der Waals surface area contributed by atoms with Gasteiger partial charge in [-0.2, -0.15) is 0 Å². The van der Waals surface area contributed by atoms with Crippen LogP contribution in [-0.2, 0) is 0 Å². The van der Waals surface area contributed by atoms with Gasteiger partial charge in [-0.1, -0.05) is 19.9 Å². The molecule has 0 saturated carbocycles. The molecule has 1 heterocycles. The minimum Gasteiger partial charge on any atom is -0.316 e. The van der Waals surface area contributed by atoms with Gasteiger partial charge in [0.05, 0.1) is 5.52 Å². The number of Topliss-reactive ketones (excluding diaryl/α,β-unsaturated/α-hetero) is 1. The average Bonchev–Trinajstić information content (AvgIpc) is 2.43. The van der Waals surface area contributed by atoms with E-state index in [4.69, 9.17) is 0 Å². The fourth-order valence-corrected chi connectivity index (χ4v) is 1.97. The van der Waals surface area contributed by atoms with Gasteiger partial charge in [-0.15, -0.1) is 0 Å². The van der Waals surface area contributed by atoms with E-state index in [0.717, 1.165) is 29.6 Å². The number of fused-ring (bicyclic) bond motifs is 1. The highest BCUT2D eigenvalue weighted by Crippen LogP contribution is 2.16. The number of rotatable bonds is 5. The van der Waals surface area contributed by atoms with Gasteiger partial charge in [0, 0.05) is 29.6 Å². The fraction of sp³-hybridized carbons (Fsp3) is 0.333. The molecule has 18 heavy (non-hydrogen) atoms. The van der Waals surface area contributed by atoms with Crippen molar-refractivity contribution in [3.05, 3.63) is 42.1 Å². The van der Waals surface area contributed by atoms with Crippen LogP contribution in [0.3, 0.4) is 0 Å². The van der Waals surface area contributed by atoms with Crippen molar-refractivity contribution in [2.45, 2.75) is 13.8 Å². The monoisotopic (exact) mass is 242 g/mol. The second kappa shape index (κ2) is 5.74. The Morgan fingerprint density at radius 2 is 2.22 bits per heavy atom. The van der Waals surface area contributed by atoms with Crippen molar-refractivity contribution >= 4 is 16.7 Å². The van der Waals surface area contributed by atoms with Gasteiger partial charge in [0.25, 0.3) is 0 Å². The molecule has 1 unspecified atom stereocenters. The lowest BCUT2D eigenvalue weighted by Crippen LogP contribution is -2.26. The van der Waals surface area contributed by atoms with Gasteiger partial charge >= 0.3 is 0 Å². The van der Waals surface area contributed by atoms with E-state index in [9.17, 15) is 4.79 Å². The van der Waals surface area contributed by atoms with Crippen molar-refractivity contribution in [3.63, 3.8) is 0 Å². The zero-order valence-electron chi connectivity index (χ0n) is 10.8. The number of nitrogens with one attached hydrogen (secondary N) is 1. The molecular formula is C15H18N2O. The van der Waals surface area contributed by atoms with Crippen LogP contribution in [0.4, 0.5) is 0 Å². The topological polar surface area (TPSA) is 42.0 Å². The molecule has 0 aliphatic rings. The molecule has 0 fully saturated rings. The summed E-state index contributed by atoms with van der Waals surface area (Å²) in [7, 11) is 0. The minimum absolute atomic E-state index is 0.000860. The third-order valence-electron chi connectivity index (χ3n) is 3.04. The molecule has 0 bridgehead atoms. The molecule has 1 atom stereocenters. The van der Waals surface area contributed by atoms with Gasteiger partial charge in [-0.25, -0.2) is 0 Å². The Morgan fingerprint density at radius 3 is 3.00 bits per heavy atom. The molecular weight excluding hydrogens is 224 g/mol. The van der Waals surface area contributed by atoms with Crippen molar-refractivity contribution in [2.75, 3.05) is 13.1 Å². The molecule has 0 spiro atoms. The number of aromatic nitrogens is 1. The largest absolute Gasteiger partial charge is 0.316 e. The fourth-order valence-electron chi connectivity index (χ4n) is 1.97. The molecule has 2 aromatic rings. The van der Waals surface area contributed by atoms with Crippen LogP contribution in [0.5, 0.6) is 0 Å². The Labute approximate surface area is 107 Å². The number of benzene rings is 1. The van der Waals surface area contributed by atoms with Gasteiger partial charge in [0.2, 0.25) is 0 Å². The highest BCUT2D eigenvalue weighted by Gasteiger charge is 2.14. The van der Waals surface area contributed by atoms with Crippen LogP contribution < -0.4 is 5.32 Å². The molecule has 94 valence electrons. The number of nitrogens with zero attached hydrogens (tertiary/aromatic N) is 1. The number of hydrogen-bond acceptors (Lipinski definition) is 3. The molecule has 3 nitrogen and oxygen atoms in total. The van der Waals surface area contributed by atoms with Crippen LogP contribution in [0.25, 0.3) is 10.9 Å². The zero-order valence-corrected chi connectivity index (χ0v) is 10.8. The van der Waals surface area contributed by atoms with Crippen LogP contribution in [-0.4, -0.2) is 23.9 Å². The summed E-state index contributed by atoms with van der Waals surface area (Å²) in [5.74, 6) is 0.181. The molecule has 0 aliphatic carbocycles. The summed E-state index contributed by atoms with van der Waals surface area (Å²) in [5.41, 5.74) is 1.69. The third-order valence-corrected chi connectivity index (χ3v) is 3.04. The van der Waals surface area contributed by atoms with Crippen molar-refractivity contribution in [1.29, 1.82) is 0 Å². The third kappa shape index (κ3) is 2.74. The van der Waals surface area contributed by atoms with Crippen LogP contribution in [0.1, 0.15) is 24.2 Å². The lowest BCUT2D eigenvalue weighted by atomic mass is 9.98. The quantitative estimate of drug-likeness (QED) is 0.820. The van der Waals surface area contributed by atoms with Crippen LogP contribution in [0.2, 0.25) is 0 Å². The van der Waals surface area contributed by atoms with Gasteiger partial charge in [-0.3, -0.25) is 9.78 Å². The number of carbonyl (C=O) groups excluding carboxylic acids is 1. The molecule has 1 aromatic carbocycles. The molecule has 3 heteroatoms. The first-order valence-electron chi connectivity index (χ1n) is 6.32. The van der Waals surface area contributed by atoms with Gasteiger partial charge in [0.1, 0.15) is 0 Å². The lowest BCUT2D eigenvalue weighted by Gasteiger charge is -2.11. The SMILES string of the molecule is CCNCC(C)C(=O)c1ccc2ncccc2c1. The summed E-state index contributed by atoms with van der Waals surface area (Å²) in [6, 6.07) is 9.56. The second-order valence-corrected chi connectivity index (χ2v) is 4.48. The van der Waals surface area contributed by atoms with Crippen LogP contribution in [0, 0.1) is 5.92 Å². The number of carbonyl (C=O) groups is 1. The molecule has 1 N–H and O–H groups in total. The molecule has 0 saturated heterocycles. The Kier molecular flexibility index (Phi) is 4.05. The number of pyridine rings is 1. The minimum atomic E-state index is -0.000860. The van der Waals surface area contributed by atoms with Gasteiger partial charge in [0.15, 0.2) is 5.78 Å². The standard InChI is InChI=1S/C15H18N2O/c1-3-16-10-11(2)15(18)13-6-7-14-12(9-13)5-4-8-17-14/h4-9,11,16H,3,10H2,1-2H3. The van der Waals surface area contributed by atoms with Crippen LogP contribution >= 0.6 is 0 Å². The predicted octanol–water partition coefficient (Wildman–Crippen LogP) is 2.66. The van der Waals surface area contributed by atoms with Crippen molar-refractivity contribution in [3.8, 4) is 0 Å². The van der Waals surface area contributed by atoms with Gasteiger partial charge in [-0.05, 0) is 30.8 Å². The van der Waals surface area contributed by atoms with E-state index in [1.165, 1.54) is 0 Å². The highest BCUT2D eigenvalue weighted by atomic mass is 16.1. The van der Waals surface area contributed by atoms with Crippen molar-refractivity contribution < 1.29 is 4.79 Å². The molecule has 0 amide bonds. The van der Waals surface area contributed by atoms with E-state index < -0.39 is 0 Å². The summed E-state index contributed by atoms with van der Waals surface area (Å²) < 4.78 is 0. The number of hydrogen-bond donors (Lipinski definition) is 1. The molecule has 0 radical (unpaired) electrons. The highest BCUT2D eigenvalue weighted by molar-refractivity contribution is 6.00. The van der Waals surface area contributed by atoms with Crippen molar-refractivity contribution in [1.82, 2.24) is 10.3 Å².